The molecule has 0 heterocycles. The van der Waals surface area contributed by atoms with Gasteiger partial charge in [-0.3, -0.25) is 4.79 Å². The smallest absolute Gasteiger partial charge is 0.259 e. The van der Waals surface area contributed by atoms with Crippen LogP contribution in [0.4, 0.5) is 5.69 Å². The number of anilines is 1. The summed E-state index contributed by atoms with van der Waals surface area (Å²) in [5.74, 6) is -0.177. The van der Waals surface area contributed by atoms with Crippen molar-refractivity contribution in [2.45, 2.75) is 27.7 Å². The van der Waals surface area contributed by atoms with Gasteiger partial charge < -0.3 is 5.32 Å². The van der Waals surface area contributed by atoms with E-state index in [1.807, 2.05) is 45.0 Å². The van der Waals surface area contributed by atoms with Crippen LogP contribution in [0, 0.1) is 27.7 Å². The molecule has 2 rings (SSSR count). The number of hydrogen-bond donors (Lipinski definition) is 2. The molecule has 0 aliphatic heterocycles. The summed E-state index contributed by atoms with van der Waals surface area (Å²) in [5, 5.41) is 7.12. The summed E-state index contributed by atoms with van der Waals surface area (Å²) in [6.07, 6.45) is 1.70. The Bertz CT molecular complexity index is 695. The average molecular weight is 309 g/mol. The molecule has 120 valence electrons. The molecule has 1 amide bonds. The number of amides is 1. The second-order valence-corrected chi connectivity index (χ2v) is 5.83. The molecule has 4 nitrogen and oxygen atoms in total. The van der Waals surface area contributed by atoms with Crippen molar-refractivity contribution in [2.24, 2.45) is 5.10 Å². The van der Waals surface area contributed by atoms with Gasteiger partial charge in [0.15, 0.2) is 0 Å². The van der Waals surface area contributed by atoms with Crippen molar-refractivity contribution >= 4 is 17.8 Å². The second-order valence-electron chi connectivity index (χ2n) is 5.83. The Balaban J connectivity index is 1.88. The van der Waals surface area contributed by atoms with Gasteiger partial charge in [0.25, 0.3) is 5.91 Å². The molecule has 0 aromatic heterocycles. The van der Waals surface area contributed by atoms with Crippen LogP contribution in [-0.2, 0) is 4.79 Å². The highest BCUT2D eigenvalue weighted by Crippen LogP contribution is 2.14. The van der Waals surface area contributed by atoms with Crippen LogP contribution in [0.2, 0.25) is 0 Å². The zero-order chi connectivity index (χ0) is 16.8. The lowest BCUT2D eigenvalue weighted by molar-refractivity contribution is -0.119. The molecule has 2 aromatic rings. The van der Waals surface area contributed by atoms with Crippen molar-refractivity contribution in [3.05, 3.63) is 64.2 Å². The summed E-state index contributed by atoms with van der Waals surface area (Å²) in [6, 6.07) is 12.1. The van der Waals surface area contributed by atoms with Crippen LogP contribution in [0.25, 0.3) is 0 Å². The van der Waals surface area contributed by atoms with Crippen LogP contribution in [0.5, 0.6) is 0 Å². The molecule has 0 unspecified atom stereocenters. The van der Waals surface area contributed by atoms with Gasteiger partial charge in [0.05, 0.1) is 12.8 Å². The zero-order valence-corrected chi connectivity index (χ0v) is 14.1. The van der Waals surface area contributed by atoms with E-state index in [0.717, 1.165) is 22.4 Å². The van der Waals surface area contributed by atoms with E-state index in [9.17, 15) is 4.79 Å². The Morgan fingerprint density at radius 3 is 2.22 bits per heavy atom. The van der Waals surface area contributed by atoms with E-state index in [-0.39, 0.29) is 12.5 Å². The van der Waals surface area contributed by atoms with Gasteiger partial charge in [0.2, 0.25) is 0 Å². The van der Waals surface area contributed by atoms with E-state index in [4.69, 9.17) is 0 Å². The fourth-order valence-corrected chi connectivity index (χ4v) is 2.46. The van der Waals surface area contributed by atoms with Gasteiger partial charge in [0.1, 0.15) is 0 Å². The van der Waals surface area contributed by atoms with E-state index in [0.29, 0.717) is 0 Å². The number of benzene rings is 2. The monoisotopic (exact) mass is 309 g/mol. The fraction of sp³-hybridized carbons (Fsp3) is 0.263. The minimum absolute atomic E-state index is 0.177. The summed E-state index contributed by atoms with van der Waals surface area (Å²) in [4.78, 5) is 11.8. The Hall–Kier alpha value is -2.62. The summed E-state index contributed by atoms with van der Waals surface area (Å²) < 4.78 is 0. The first-order valence-electron chi connectivity index (χ1n) is 7.66. The third kappa shape index (κ3) is 4.95. The second kappa shape index (κ2) is 7.58. The highest BCUT2D eigenvalue weighted by atomic mass is 16.2. The Morgan fingerprint density at radius 1 is 1.00 bits per heavy atom. The molecule has 0 aliphatic rings. The van der Waals surface area contributed by atoms with Crippen molar-refractivity contribution in [1.29, 1.82) is 0 Å². The van der Waals surface area contributed by atoms with Gasteiger partial charge >= 0.3 is 0 Å². The first-order valence-corrected chi connectivity index (χ1v) is 7.66. The molecule has 0 saturated heterocycles. The Kier molecular flexibility index (Phi) is 5.52. The van der Waals surface area contributed by atoms with Crippen LogP contribution in [0.15, 0.2) is 41.5 Å². The number of carbonyl (C=O) groups excluding carboxylic acids is 1. The molecular weight excluding hydrogens is 286 g/mol. The standard InChI is InChI=1S/C19H23N3O/c1-13-5-7-17(8-6-13)20-12-19(23)22-21-11-18-15(3)9-14(2)10-16(18)4/h5-11,20H,12H2,1-4H3,(H,22,23)/b21-11-. The lowest BCUT2D eigenvalue weighted by atomic mass is 10.0. The SMILES string of the molecule is Cc1ccc(NCC(=O)N/N=C\c2c(C)cc(C)cc2C)cc1. The molecule has 0 spiro atoms. The lowest BCUT2D eigenvalue weighted by Crippen LogP contribution is -2.25. The van der Waals surface area contributed by atoms with Crippen LogP contribution in [0.1, 0.15) is 27.8 Å². The van der Waals surface area contributed by atoms with E-state index >= 15 is 0 Å². The fourth-order valence-electron chi connectivity index (χ4n) is 2.46. The molecule has 23 heavy (non-hydrogen) atoms. The zero-order valence-electron chi connectivity index (χ0n) is 14.1. The summed E-state index contributed by atoms with van der Waals surface area (Å²) in [5.41, 5.74) is 9.23. The number of rotatable bonds is 5. The highest BCUT2D eigenvalue weighted by molar-refractivity contribution is 5.86. The molecule has 0 aliphatic carbocycles. The molecule has 4 heteroatoms. The minimum atomic E-state index is -0.177. The first kappa shape index (κ1) is 16.7. The normalized spacial score (nSPS) is 10.8. The van der Waals surface area contributed by atoms with Crippen molar-refractivity contribution in [3.63, 3.8) is 0 Å². The van der Waals surface area contributed by atoms with Gasteiger partial charge in [0, 0.05) is 11.3 Å². The number of aryl methyl sites for hydroxylation is 4. The van der Waals surface area contributed by atoms with Crippen molar-refractivity contribution in [3.8, 4) is 0 Å². The average Bonchev–Trinajstić information content (AvgIpc) is 2.49. The maximum atomic E-state index is 11.8. The Labute approximate surface area is 137 Å². The van der Waals surface area contributed by atoms with Crippen molar-refractivity contribution in [2.75, 3.05) is 11.9 Å². The van der Waals surface area contributed by atoms with Crippen LogP contribution in [-0.4, -0.2) is 18.7 Å². The highest BCUT2D eigenvalue weighted by Gasteiger charge is 2.02. The molecule has 0 fully saturated rings. The molecule has 0 atom stereocenters. The maximum absolute atomic E-state index is 11.8. The summed E-state index contributed by atoms with van der Waals surface area (Å²) in [7, 11) is 0. The molecule has 2 aromatic carbocycles. The third-order valence-electron chi connectivity index (χ3n) is 3.63. The molecule has 0 saturated carbocycles. The van der Waals surface area contributed by atoms with Crippen molar-refractivity contribution in [1.82, 2.24) is 5.43 Å². The van der Waals surface area contributed by atoms with Gasteiger partial charge in [-0.25, -0.2) is 5.43 Å². The number of hydrogen-bond acceptors (Lipinski definition) is 3. The lowest BCUT2D eigenvalue weighted by Gasteiger charge is -2.07. The van der Waals surface area contributed by atoms with E-state index < -0.39 is 0 Å². The topological polar surface area (TPSA) is 53.5 Å². The largest absolute Gasteiger partial charge is 0.376 e. The molecule has 0 radical (unpaired) electrons. The number of nitrogens with one attached hydrogen (secondary N) is 2. The summed E-state index contributed by atoms with van der Waals surface area (Å²) in [6.45, 7) is 8.37. The van der Waals surface area contributed by atoms with E-state index in [1.54, 1.807) is 6.21 Å². The molecule has 0 bridgehead atoms. The van der Waals surface area contributed by atoms with Crippen molar-refractivity contribution < 1.29 is 4.79 Å². The van der Waals surface area contributed by atoms with E-state index in [1.165, 1.54) is 11.1 Å². The quantitative estimate of drug-likeness (QED) is 0.656. The molecular formula is C19H23N3O. The Morgan fingerprint density at radius 2 is 1.61 bits per heavy atom. The van der Waals surface area contributed by atoms with Gasteiger partial charge in [-0.2, -0.15) is 5.10 Å². The predicted molar refractivity (Wildman–Crippen MR) is 96.1 cm³/mol. The number of hydrazone groups is 1. The number of carbonyl (C=O) groups is 1. The van der Waals surface area contributed by atoms with Crippen LogP contribution in [0.3, 0.4) is 0 Å². The van der Waals surface area contributed by atoms with Gasteiger partial charge in [-0.05, 0) is 51.0 Å². The third-order valence-corrected chi connectivity index (χ3v) is 3.63. The number of nitrogens with zero attached hydrogens (tertiary/aromatic N) is 1. The minimum Gasteiger partial charge on any atom is -0.376 e. The first-order chi connectivity index (χ1) is 11.0. The van der Waals surface area contributed by atoms with Crippen LogP contribution < -0.4 is 10.7 Å². The van der Waals surface area contributed by atoms with Gasteiger partial charge in [-0.15, -0.1) is 0 Å². The van der Waals surface area contributed by atoms with Crippen LogP contribution >= 0.6 is 0 Å². The predicted octanol–water partition coefficient (Wildman–Crippen LogP) is 3.48. The summed E-state index contributed by atoms with van der Waals surface area (Å²) >= 11 is 0. The maximum Gasteiger partial charge on any atom is 0.259 e. The van der Waals surface area contributed by atoms with E-state index in [2.05, 4.69) is 34.9 Å². The molecule has 2 N–H and O–H groups in total. The van der Waals surface area contributed by atoms with Gasteiger partial charge in [-0.1, -0.05) is 35.4 Å².